The molecule has 1 aromatic carbocycles. The first kappa shape index (κ1) is 28.7. The number of benzene rings is 1. The molecule has 0 aliphatic rings. The molecule has 0 unspecified atom stereocenters. The van der Waals surface area contributed by atoms with Crippen molar-refractivity contribution < 1.29 is 9.53 Å². The number of carbonyl (C=O) groups is 1. The van der Waals surface area contributed by atoms with E-state index in [2.05, 4.69) is 15.3 Å². The zero-order chi connectivity index (χ0) is 19.9. The number of aliphatic imine (C=N–C) groups is 1. The molecule has 0 amide bonds. The van der Waals surface area contributed by atoms with Gasteiger partial charge in [-0.05, 0) is 31.2 Å². The van der Waals surface area contributed by atoms with Gasteiger partial charge in [0.1, 0.15) is 15.6 Å². The molecule has 0 fully saturated rings. The fourth-order valence-electron chi connectivity index (χ4n) is 2.54. The highest BCUT2D eigenvalue weighted by atomic mass is 35.5. The third kappa shape index (κ3) is 7.40. The number of nitrogens with zero attached hydrogens (tertiary/aromatic N) is 3. The summed E-state index contributed by atoms with van der Waals surface area (Å²) in [6.45, 7) is 2.09. The number of ether oxygens (including phenoxy) is 1. The Kier molecular flexibility index (Phi) is 12.8. The SMILES string of the molecule is CCOC(=O)c1sc(Nc2ccccc2)c(-c2ccccn2)c1N=CN(C)C.Cl.Cl.Cl. The lowest BCUT2D eigenvalue weighted by molar-refractivity contribution is 0.0533. The van der Waals surface area contributed by atoms with Crippen molar-refractivity contribution in [3.8, 4) is 11.3 Å². The lowest BCUT2D eigenvalue weighted by Gasteiger charge is -2.08. The number of anilines is 2. The van der Waals surface area contributed by atoms with Gasteiger partial charge in [-0.3, -0.25) is 4.98 Å². The Labute approximate surface area is 205 Å². The maximum atomic E-state index is 12.6. The minimum absolute atomic E-state index is 0. The molecule has 0 saturated heterocycles. The molecule has 2 heterocycles. The lowest BCUT2D eigenvalue weighted by Crippen LogP contribution is -2.08. The fraction of sp³-hybridized carbons (Fsp3) is 0.190. The molecule has 6 nitrogen and oxygen atoms in total. The third-order valence-electron chi connectivity index (χ3n) is 3.71. The summed E-state index contributed by atoms with van der Waals surface area (Å²) in [4.78, 5) is 23.9. The van der Waals surface area contributed by atoms with Crippen LogP contribution in [0.2, 0.25) is 0 Å². The van der Waals surface area contributed by atoms with Crippen molar-refractivity contribution >= 4 is 77.2 Å². The molecular weight excluding hydrogens is 479 g/mol. The maximum absolute atomic E-state index is 12.6. The van der Waals surface area contributed by atoms with E-state index in [9.17, 15) is 4.79 Å². The van der Waals surface area contributed by atoms with E-state index in [4.69, 9.17) is 4.74 Å². The van der Waals surface area contributed by atoms with E-state index in [1.165, 1.54) is 11.3 Å². The molecule has 31 heavy (non-hydrogen) atoms. The highest BCUT2D eigenvalue weighted by Gasteiger charge is 2.25. The van der Waals surface area contributed by atoms with E-state index < -0.39 is 5.97 Å². The molecule has 0 radical (unpaired) electrons. The predicted molar refractivity (Wildman–Crippen MR) is 137 cm³/mol. The van der Waals surface area contributed by atoms with Crippen LogP contribution >= 0.6 is 48.6 Å². The van der Waals surface area contributed by atoms with Crippen molar-refractivity contribution in [3.05, 3.63) is 59.6 Å². The third-order valence-corrected chi connectivity index (χ3v) is 4.79. The predicted octanol–water partition coefficient (Wildman–Crippen LogP) is 6.22. The Morgan fingerprint density at radius 2 is 1.81 bits per heavy atom. The van der Waals surface area contributed by atoms with Gasteiger partial charge in [-0.2, -0.15) is 0 Å². The Morgan fingerprint density at radius 1 is 1.13 bits per heavy atom. The Balaban J connectivity index is 0.00000300. The molecule has 0 aliphatic carbocycles. The van der Waals surface area contributed by atoms with E-state index in [0.29, 0.717) is 17.2 Å². The lowest BCUT2D eigenvalue weighted by atomic mass is 10.1. The van der Waals surface area contributed by atoms with E-state index in [-0.39, 0.29) is 37.2 Å². The number of esters is 1. The van der Waals surface area contributed by atoms with Crippen LogP contribution in [0.15, 0.2) is 59.7 Å². The molecule has 0 bridgehead atoms. The van der Waals surface area contributed by atoms with Crippen LogP contribution in [0.4, 0.5) is 16.4 Å². The molecule has 0 atom stereocenters. The maximum Gasteiger partial charge on any atom is 0.350 e. The van der Waals surface area contributed by atoms with Crippen molar-refractivity contribution in [2.45, 2.75) is 6.92 Å². The van der Waals surface area contributed by atoms with Crippen LogP contribution in [0.1, 0.15) is 16.6 Å². The van der Waals surface area contributed by atoms with E-state index in [1.807, 2.05) is 67.5 Å². The number of nitrogens with one attached hydrogen (secondary N) is 1. The van der Waals surface area contributed by atoms with Crippen LogP contribution in [-0.2, 0) is 4.74 Å². The normalized spacial score (nSPS) is 9.77. The average Bonchev–Trinajstić information content (AvgIpc) is 3.06. The summed E-state index contributed by atoms with van der Waals surface area (Å²) in [6.07, 6.45) is 3.40. The highest BCUT2D eigenvalue weighted by Crippen LogP contribution is 2.47. The average molecular weight is 504 g/mol. The topological polar surface area (TPSA) is 66.8 Å². The van der Waals surface area contributed by atoms with Crippen molar-refractivity contribution in [2.75, 3.05) is 26.0 Å². The number of rotatable bonds is 7. The van der Waals surface area contributed by atoms with E-state index in [1.54, 1.807) is 19.5 Å². The van der Waals surface area contributed by atoms with Gasteiger partial charge in [0.15, 0.2) is 0 Å². The number of thiophene rings is 1. The number of pyridine rings is 1. The van der Waals surface area contributed by atoms with Crippen molar-refractivity contribution in [1.29, 1.82) is 0 Å². The van der Waals surface area contributed by atoms with Crippen LogP contribution < -0.4 is 5.32 Å². The quantitative estimate of drug-likeness (QED) is 0.236. The Bertz CT molecular complexity index is 968. The molecular formula is C21H25Cl3N4O2S. The van der Waals surface area contributed by atoms with Crippen LogP contribution in [0, 0.1) is 0 Å². The van der Waals surface area contributed by atoms with Gasteiger partial charge >= 0.3 is 5.97 Å². The van der Waals surface area contributed by atoms with Gasteiger partial charge in [-0.1, -0.05) is 24.3 Å². The molecule has 3 aromatic rings. The summed E-state index contributed by atoms with van der Waals surface area (Å²) in [7, 11) is 3.76. The molecule has 168 valence electrons. The van der Waals surface area contributed by atoms with Crippen molar-refractivity contribution in [2.24, 2.45) is 4.99 Å². The van der Waals surface area contributed by atoms with Gasteiger partial charge in [0.2, 0.25) is 0 Å². The van der Waals surface area contributed by atoms with Gasteiger partial charge in [-0.15, -0.1) is 48.6 Å². The first-order valence-corrected chi connectivity index (χ1v) is 9.69. The van der Waals surface area contributed by atoms with Gasteiger partial charge in [0.05, 0.1) is 24.2 Å². The van der Waals surface area contributed by atoms with Gasteiger partial charge in [0.25, 0.3) is 0 Å². The molecule has 0 saturated carbocycles. The van der Waals surface area contributed by atoms with Crippen LogP contribution in [0.5, 0.6) is 0 Å². The van der Waals surface area contributed by atoms with E-state index >= 15 is 0 Å². The summed E-state index contributed by atoms with van der Waals surface area (Å²) in [5.41, 5.74) is 2.98. The number of aromatic nitrogens is 1. The van der Waals surface area contributed by atoms with Gasteiger partial charge in [0, 0.05) is 26.0 Å². The van der Waals surface area contributed by atoms with Crippen molar-refractivity contribution in [3.63, 3.8) is 0 Å². The summed E-state index contributed by atoms with van der Waals surface area (Å²) in [6, 6.07) is 15.5. The zero-order valence-corrected chi connectivity index (χ0v) is 20.5. The summed E-state index contributed by atoms with van der Waals surface area (Å²) >= 11 is 1.32. The second-order valence-corrected chi connectivity index (χ2v) is 7.14. The van der Waals surface area contributed by atoms with Crippen LogP contribution in [0.25, 0.3) is 11.3 Å². The van der Waals surface area contributed by atoms with Gasteiger partial charge < -0.3 is 15.0 Å². The van der Waals surface area contributed by atoms with Gasteiger partial charge in [-0.25, -0.2) is 9.79 Å². The minimum atomic E-state index is -0.392. The molecule has 1 N–H and O–H groups in total. The summed E-state index contributed by atoms with van der Waals surface area (Å²) in [5.74, 6) is -0.392. The Hall–Kier alpha value is -2.32. The molecule has 0 spiro atoms. The molecule has 3 rings (SSSR count). The zero-order valence-electron chi connectivity index (χ0n) is 17.3. The smallest absolute Gasteiger partial charge is 0.350 e. The first-order valence-electron chi connectivity index (χ1n) is 8.88. The second kappa shape index (κ2) is 13.9. The molecule has 10 heteroatoms. The monoisotopic (exact) mass is 502 g/mol. The molecule has 0 aliphatic heterocycles. The second-order valence-electron chi connectivity index (χ2n) is 6.12. The number of hydrogen-bond donors (Lipinski definition) is 1. The molecule has 2 aromatic heterocycles. The van der Waals surface area contributed by atoms with E-state index in [0.717, 1.165) is 21.9 Å². The largest absolute Gasteiger partial charge is 0.462 e. The van der Waals surface area contributed by atoms with Crippen LogP contribution in [-0.4, -0.2) is 42.9 Å². The van der Waals surface area contributed by atoms with Crippen LogP contribution in [0.3, 0.4) is 0 Å². The highest BCUT2D eigenvalue weighted by molar-refractivity contribution is 7.19. The number of carbonyl (C=O) groups excluding carboxylic acids is 1. The number of para-hydroxylation sites is 1. The minimum Gasteiger partial charge on any atom is -0.462 e. The fourth-order valence-corrected chi connectivity index (χ4v) is 3.61. The standard InChI is InChI=1S/C21H22N4O2S.3ClH/c1-4-27-21(26)19-18(23-14-25(2)3)17(16-12-8-9-13-22-16)20(28-19)24-15-10-6-5-7-11-15;;;/h5-14,24H,4H2,1-3H3;3*1H. The number of hydrogen-bond acceptors (Lipinski definition) is 6. The number of halogens is 3. The first-order chi connectivity index (χ1) is 13.6. The summed E-state index contributed by atoms with van der Waals surface area (Å²) < 4.78 is 5.27. The summed E-state index contributed by atoms with van der Waals surface area (Å²) in [5, 5.41) is 4.19. The Morgan fingerprint density at radius 3 is 2.39 bits per heavy atom. The van der Waals surface area contributed by atoms with Crippen molar-refractivity contribution in [1.82, 2.24) is 9.88 Å².